The van der Waals surface area contributed by atoms with Gasteiger partial charge in [0.05, 0.1) is 0 Å². The molecule has 0 radical (unpaired) electrons. The summed E-state index contributed by atoms with van der Waals surface area (Å²) < 4.78 is 0. The van der Waals surface area contributed by atoms with E-state index < -0.39 is 0 Å². The van der Waals surface area contributed by atoms with Crippen LogP contribution in [0.2, 0.25) is 0 Å². The second kappa shape index (κ2) is 7.13. The summed E-state index contributed by atoms with van der Waals surface area (Å²) in [6.45, 7) is 15.2. The van der Waals surface area contributed by atoms with Crippen molar-refractivity contribution < 1.29 is 5.11 Å². The first-order valence-electron chi connectivity index (χ1n) is 10.0. The highest BCUT2D eigenvalue weighted by Gasteiger charge is 2.35. The number of hydrogen-bond acceptors (Lipinski definition) is 1. The third-order valence-electron chi connectivity index (χ3n) is 6.04. The summed E-state index contributed by atoms with van der Waals surface area (Å²) in [5.41, 5.74) is 7.69. The molecule has 0 bridgehead atoms. The zero-order valence-corrected chi connectivity index (χ0v) is 18.2. The van der Waals surface area contributed by atoms with E-state index in [4.69, 9.17) is 0 Å². The molecule has 0 saturated carbocycles. The monoisotopic (exact) mass is 372 g/mol. The maximum atomic E-state index is 11.1. The zero-order chi connectivity index (χ0) is 20.7. The van der Waals surface area contributed by atoms with Gasteiger partial charge >= 0.3 is 0 Å². The second-order valence-corrected chi connectivity index (χ2v) is 9.20. The van der Waals surface area contributed by atoms with Gasteiger partial charge in [0.2, 0.25) is 0 Å². The van der Waals surface area contributed by atoms with E-state index in [0.717, 1.165) is 11.1 Å². The highest BCUT2D eigenvalue weighted by molar-refractivity contribution is 5.56. The highest BCUT2D eigenvalue weighted by Crippen LogP contribution is 2.46. The van der Waals surface area contributed by atoms with Crippen LogP contribution in [0.25, 0.3) is 0 Å². The molecule has 1 N–H and O–H groups in total. The van der Waals surface area contributed by atoms with Gasteiger partial charge < -0.3 is 5.11 Å². The minimum Gasteiger partial charge on any atom is -0.508 e. The Balaban J connectivity index is 2.29. The van der Waals surface area contributed by atoms with Gasteiger partial charge in [0.1, 0.15) is 5.75 Å². The van der Waals surface area contributed by atoms with E-state index in [9.17, 15) is 5.11 Å². The predicted molar refractivity (Wildman–Crippen MR) is 119 cm³/mol. The Morgan fingerprint density at radius 3 is 1.61 bits per heavy atom. The average molecular weight is 373 g/mol. The van der Waals surface area contributed by atoms with E-state index in [0.29, 0.717) is 5.75 Å². The molecule has 0 aliphatic heterocycles. The summed E-state index contributed by atoms with van der Waals surface area (Å²) >= 11 is 0. The van der Waals surface area contributed by atoms with Gasteiger partial charge in [-0.3, -0.25) is 0 Å². The van der Waals surface area contributed by atoms with Crippen molar-refractivity contribution in [1.82, 2.24) is 0 Å². The fourth-order valence-electron chi connectivity index (χ4n) is 4.28. The van der Waals surface area contributed by atoms with Crippen LogP contribution in [-0.4, -0.2) is 5.11 Å². The Morgan fingerprint density at radius 1 is 0.607 bits per heavy atom. The van der Waals surface area contributed by atoms with Gasteiger partial charge in [-0.2, -0.15) is 0 Å². The minimum atomic E-state index is -0.319. The first kappa shape index (κ1) is 20.2. The smallest absolute Gasteiger partial charge is 0.120 e. The molecule has 3 rings (SSSR count). The zero-order valence-electron chi connectivity index (χ0n) is 18.2. The molecule has 0 unspecified atom stereocenters. The second-order valence-electron chi connectivity index (χ2n) is 9.20. The summed E-state index contributed by atoms with van der Waals surface area (Å²) in [4.78, 5) is 0. The van der Waals surface area contributed by atoms with Gasteiger partial charge in [0.15, 0.2) is 0 Å². The van der Waals surface area contributed by atoms with Gasteiger partial charge in [0.25, 0.3) is 0 Å². The lowest BCUT2D eigenvalue weighted by atomic mass is 9.67. The molecule has 0 aromatic heterocycles. The highest BCUT2D eigenvalue weighted by atomic mass is 16.3. The molecule has 146 valence electrons. The topological polar surface area (TPSA) is 20.2 Å². The number of phenols is 1. The van der Waals surface area contributed by atoms with E-state index in [1.807, 2.05) is 6.07 Å². The number of aromatic hydroxyl groups is 1. The van der Waals surface area contributed by atoms with Crippen molar-refractivity contribution in [3.05, 3.63) is 99.6 Å². The first-order chi connectivity index (χ1) is 13.0. The van der Waals surface area contributed by atoms with Crippen molar-refractivity contribution in [3.63, 3.8) is 0 Å². The minimum absolute atomic E-state index is 0.230. The van der Waals surface area contributed by atoms with Crippen LogP contribution in [0.1, 0.15) is 66.6 Å². The van der Waals surface area contributed by atoms with Crippen LogP contribution < -0.4 is 0 Å². The molecule has 0 amide bonds. The van der Waals surface area contributed by atoms with Crippen LogP contribution in [0.15, 0.2) is 60.7 Å². The van der Waals surface area contributed by atoms with Crippen molar-refractivity contribution in [1.29, 1.82) is 0 Å². The molecule has 28 heavy (non-hydrogen) atoms. The lowest BCUT2D eigenvalue weighted by molar-refractivity contribution is 0.445. The third-order valence-corrected chi connectivity index (χ3v) is 6.04. The summed E-state index contributed by atoms with van der Waals surface area (Å²) in [6.07, 6.45) is 0. The first-order valence-corrected chi connectivity index (χ1v) is 10.0. The molecule has 0 atom stereocenters. The van der Waals surface area contributed by atoms with Crippen molar-refractivity contribution in [3.8, 4) is 5.75 Å². The molecule has 3 aromatic rings. The third kappa shape index (κ3) is 3.58. The quantitative estimate of drug-likeness (QED) is 0.524. The Labute approximate surface area is 170 Å². The molecule has 0 aliphatic rings. The summed E-state index contributed by atoms with van der Waals surface area (Å²) in [5.74, 6) is 0.377. The summed E-state index contributed by atoms with van der Waals surface area (Å²) in [6, 6.07) is 21.4. The van der Waals surface area contributed by atoms with Crippen LogP contribution in [-0.2, 0) is 10.8 Å². The number of rotatable bonds is 4. The van der Waals surface area contributed by atoms with Gasteiger partial charge in [-0.1, -0.05) is 93.4 Å². The largest absolute Gasteiger partial charge is 0.508 e. The Bertz CT molecular complexity index is 1010. The van der Waals surface area contributed by atoms with Crippen LogP contribution in [0, 0.1) is 20.8 Å². The van der Waals surface area contributed by atoms with Crippen molar-refractivity contribution >= 4 is 0 Å². The number of hydrogen-bond donors (Lipinski definition) is 1. The van der Waals surface area contributed by atoms with Gasteiger partial charge in [-0.05, 0) is 49.1 Å². The molecule has 0 fully saturated rings. The summed E-state index contributed by atoms with van der Waals surface area (Å²) in [5, 5.41) is 11.1. The maximum Gasteiger partial charge on any atom is 0.120 e. The maximum absolute atomic E-state index is 11.1. The fraction of sp³-hybridized carbons (Fsp3) is 0.333. The van der Waals surface area contributed by atoms with E-state index in [1.54, 1.807) is 0 Å². The molecule has 1 nitrogen and oxygen atoms in total. The molecule has 0 heterocycles. The van der Waals surface area contributed by atoms with E-state index in [2.05, 4.69) is 103 Å². The Hall–Kier alpha value is -2.54. The molecular weight excluding hydrogens is 340 g/mol. The average Bonchev–Trinajstić information content (AvgIpc) is 2.60. The normalized spacial score (nSPS) is 12.2. The SMILES string of the molecule is Cc1cccc(C(C)(C)c2cc(C)cc(O)c2C(C)(C)c2cccc(C)c2)c1. The predicted octanol–water partition coefficient (Wildman–Crippen LogP) is 6.97. The van der Waals surface area contributed by atoms with Crippen LogP contribution >= 0.6 is 0 Å². The Kier molecular flexibility index (Phi) is 5.14. The lowest BCUT2D eigenvalue weighted by Crippen LogP contribution is -2.28. The molecule has 0 spiro atoms. The standard InChI is InChI=1S/C27H32O/c1-18-10-8-12-21(14-18)26(4,5)23-16-20(3)17-24(28)25(23)27(6,7)22-13-9-11-19(2)15-22/h8-17,28H,1-7H3. The van der Waals surface area contributed by atoms with Crippen molar-refractivity contribution in [2.45, 2.75) is 59.3 Å². The van der Waals surface area contributed by atoms with E-state index in [1.165, 1.54) is 27.8 Å². The van der Waals surface area contributed by atoms with Crippen LogP contribution in [0.5, 0.6) is 5.75 Å². The molecule has 0 saturated heterocycles. The fourth-order valence-corrected chi connectivity index (χ4v) is 4.28. The number of benzene rings is 3. The molecule has 0 aliphatic carbocycles. The van der Waals surface area contributed by atoms with Crippen LogP contribution in [0.4, 0.5) is 0 Å². The van der Waals surface area contributed by atoms with E-state index in [-0.39, 0.29) is 10.8 Å². The van der Waals surface area contributed by atoms with E-state index >= 15 is 0 Å². The van der Waals surface area contributed by atoms with Gasteiger partial charge in [-0.25, -0.2) is 0 Å². The lowest BCUT2D eigenvalue weighted by Gasteiger charge is -2.36. The molecule has 1 heteroatoms. The van der Waals surface area contributed by atoms with Crippen molar-refractivity contribution in [2.75, 3.05) is 0 Å². The number of aryl methyl sites for hydroxylation is 3. The van der Waals surface area contributed by atoms with Crippen LogP contribution in [0.3, 0.4) is 0 Å². The van der Waals surface area contributed by atoms with Gasteiger partial charge in [-0.15, -0.1) is 0 Å². The number of phenolic OH excluding ortho intramolecular Hbond substituents is 1. The Morgan fingerprint density at radius 2 is 1.11 bits per heavy atom. The van der Waals surface area contributed by atoms with Crippen molar-refractivity contribution in [2.24, 2.45) is 0 Å². The van der Waals surface area contributed by atoms with Gasteiger partial charge in [0, 0.05) is 16.4 Å². The molecule has 3 aromatic carbocycles. The molecular formula is C27H32O. The summed E-state index contributed by atoms with van der Waals surface area (Å²) in [7, 11) is 0.